The largest absolute Gasteiger partial charge is 0.507 e. The standard InChI is InChI=1S/C27H23Cl2N5O3/c28-21-9-2-1-5-17(21)15-31-27(37)34-23(16-6-3-7-16)14-22(33-34)19-11-10-18(13-24(19)35)32-26(36)20-8-4-12-30-25(20)29/h1-2,4-5,8-14,16,35H,3,6-7,15H2,(H,31,37)(H,32,36). The number of amides is 2. The van der Waals surface area contributed by atoms with Gasteiger partial charge in [0.25, 0.3) is 5.91 Å². The molecule has 2 amide bonds. The average Bonchev–Trinajstić information content (AvgIpc) is 3.27. The van der Waals surface area contributed by atoms with Gasteiger partial charge in [0, 0.05) is 41.0 Å². The maximum Gasteiger partial charge on any atom is 0.342 e. The molecule has 37 heavy (non-hydrogen) atoms. The molecule has 5 rings (SSSR count). The zero-order valence-electron chi connectivity index (χ0n) is 19.6. The van der Waals surface area contributed by atoms with Gasteiger partial charge >= 0.3 is 6.03 Å². The summed E-state index contributed by atoms with van der Waals surface area (Å²) in [6.45, 7) is 0.262. The average molecular weight is 536 g/mol. The fourth-order valence-electron chi connectivity index (χ4n) is 4.15. The Morgan fingerprint density at radius 2 is 1.86 bits per heavy atom. The van der Waals surface area contributed by atoms with Crippen LogP contribution in [-0.4, -0.2) is 31.8 Å². The molecule has 2 aromatic carbocycles. The van der Waals surface area contributed by atoms with Gasteiger partial charge < -0.3 is 15.7 Å². The number of halogens is 2. The van der Waals surface area contributed by atoms with E-state index in [9.17, 15) is 14.7 Å². The molecule has 0 radical (unpaired) electrons. The molecule has 0 bridgehead atoms. The van der Waals surface area contributed by atoms with Crippen LogP contribution in [0.25, 0.3) is 11.3 Å². The molecular weight excluding hydrogens is 513 g/mol. The Morgan fingerprint density at radius 1 is 1.05 bits per heavy atom. The first kappa shape index (κ1) is 24.8. The van der Waals surface area contributed by atoms with Gasteiger partial charge in [0.15, 0.2) is 0 Å². The second-order valence-corrected chi connectivity index (χ2v) is 9.54. The van der Waals surface area contributed by atoms with Gasteiger partial charge in [-0.05, 0) is 54.8 Å². The van der Waals surface area contributed by atoms with Gasteiger partial charge in [-0.25, -0.2) is 9.78 Å². The molecule has 0 saturated heterocycles. The van der Waals surface area contributed by atoms with Crippen LogP contribution in [-0.2, 0) is 6.54 Å². The van der Waals surface area contributed by atoms with E-state index in [2.05, 4.69) is 20.7 Å². The monoisotopic (exact) mass is 535 g/mol. The van der Waals surface area contributed by atoms with Gasteiger partial charge in [-0.15, -0.1) is 0 Å². The maximum absolute atomic E-state index is 13.1. The first-order chi connectivity index (χ1) is 17.9. The van der Waals surface area contributed by atoms with Crippen LogP contribution in [0.4, 0.5) is 10.5 Å². The smallest absolute Gasteiger partial charge is 0.342 e. The number of aromatic hydroxyl groups is 1. The van der Waals surface area contributed by atoms with E-state index in [1.54, 1.807) is 30.3 Å². The number of benzene rings is 2. The normalized spacial score (nSPS) is 13.1. The van der Waals surface area contributed by atoms with Gasteiger partial charge in [0.05, 0.1) is 17.0 Å². The Morgan fingerprint density at radius 3 is 2.57 bits per heavy atom. The van der Waals surface area contributed by atoms with E-state index in [1.165, 1.54) is 16.9 Å². The highest BCUT2D eigenvalue weighted by Crippen LogP contribution is 2.39. The van der Waals surface area contributed by atoms with E-state index in [1.807, 2.05) is 24.3 Å². The molecule has 8 nitrogen and oxygen atoms in total. The number of rotatable bonds is 6. The van der Waals surface area contributed by atoms with Crippen LogP contribution < -0.4 is 10.6 Å². The second-order valence-electron chi connectivity index (χ2n) is 8.77. The minimum Gasteiger partial charge on any atom is -0.507 e. The summed E-state index contributed by atoms with van der Waals surface area (Å²) in [5, 5.41) is 21.5. The van der Waals surface area contributed by atoms with Crippen molar-refractivity contribution in [3.63, 3.8) is 0 Å². The topological polar surface area (TPSA) is 109 Å². The third-order valence-corrected chi connectivity index (χ3v) is 7.05. The van der Waals surface area contributed by atoms with Crippen LogP contribution in [0.15, 0.2) is 66.9 Å². The lowest BCUT2D eigenvalue weighted by molar-refractivity contribution is 0.102. The van der Waals surface area contributed by atoms with Gasteiger partial charge in [-0.1, -0.05) is 47.8 Å². The number of phenols is 1. The fourth-order valence-corrected chi connectivity index (χ4v) is 4.56. The van der Waals surface area contributed by atoms with Crippen molar-refractivity contribution >= 4 is 40.8 Å². The van der Waals surface area contributed by atoms with E-state index < -0.39 is 5.91 Å². The molecule has 188 valence electrons. The molecule has 4 aromatic rings. The van der Waals surface area contributed by atoms with Gasteiger partial charge in [0.1, 0.15) is 10.9 Å². The van der Waals surface area contributed by atoms with Crippen molar-refractivity contribution in [3.05, 3.63) is 93.9 Å². The van der Waals surface area contributed by atoms with Gasteiger partial charge in [-0.2, -0.15) is 9.78 Å². The fraction of sp³-hybridized carbons (Fsp3) is 0.185. The van der Waals surface area contributed by atoms with E-state index >= 15 is 0 Å². The minimum absolute atomic E-state index is 0.0858. The lowest BCUT2D eigenvalue weighted by Gasteiger charge is -2.25. The number of carbonyl (C=O) groups excluding carboxylic acids is 2. The third-order valence-electron chi connectivity index (χ3n) is 6.38. The molecule has 0 aliphatic heterocycles. The Hall–Kier alpha value is -3.88. The Balaban J connectivity index is 1.37. The summed E-state index contributed by atoms with van der Waals surface area (Å²) in [5.74, 6) is -0.314. The van der Waals surface area contributed by atoms with E-state index in [-0.39, 0.29) is 35.0 Å². The van der Waals surface area contributed by atoms with E-state index in [0.717, 1.165) is 30.5 Å². The predicted molar refractivity (Wildman–Crippen MR) is 142 cm³/mol. The highest BCUT2D eigenvalue weighted by Gasteiger charge is 2.27. The molecule has 1 saturated carbocycles. The van der Waals surface area contributed by atoms with Crippen molar-refractivity contribution in [3.8, 4) is 17.0 Å². The number of hydrogen-bond acceptors (Lipinski definition) is 5. The summed E-state index contributed by atoms with van der Waals surface area (Å²) in [6.07, 6.45) is 4.52. The summed E-state index contributed by atoms with van der Waals surface area (Å²) < 4.78 is 1.37. The molecule has 2 aromatic heterocycles. The zero-order chi connectivity index (χ0) is 25.9. The van der Waals surface area contributed by atoms with Gasteiger partial charge in [-0.3, -0.25) is 4.79 Å². The first-order valence-corrected chi connectivity index (χ1v) is 12.5. The van der Waals surface area contributed by atoms with Crippen LogP contribution in [0.2, 0.25) is 10.2 Å². The molecular formula is C27H23Cl2N5O3. The summed E-state index contributed by atoms with van der Waals surface area (Å²) in [4.78, 5) is 29.5. The Bertz CT molecular complexity index is 1480. The van der Waals surface area contributed by atoms with Crippen molar-refractivity contribution < 1.29 is 14.7 Å². The summed E-state index contributed by atoms with van der Waals surface area (Å²) in [5.41, 5.74) is 3.09. The number of nitrogens with zero attached hydrogens (tertiary/aromatic N) is 3. The highest BCUT2D eigenvalue weighted by atomic mass is 35.5. The first-order valence-electron chi connectivity index (χ1n) is 11.8. The molecule has 1 fully saturated rings. The van der Waals surface area contributed by atoms with Crippen molar-refractivity contribution in [2.45, 2.75) is 31.7 Å². The van der Waals surface area contributed by atoms with Crippen LogP contribution in [0.1, 0.15) is 46.8 Å². The number of nitrogens with one attached hydrogen (secondary N) is 2. The number of pyridine rings is 1. The summed E-state index contributed by atoms with van der Waals surface area (Å²) >= 11 is 12.2. The molecule has 0 spiro atoms. The molecule has 2 heterocycles. The molecule has 1 aliphatic carbocycles. The molecule has 3 N–H and O–H groups in total. The number of aromatic nitrogens is 3. The van der Waals surface area contributed by atoms with Crippen molar-refractivity contribution in [1.82, 2.24) is 20.1 Å². The lowest BCUT2D eigenvalue weighted by atomic mass is 9.82. The van der Waals surface area contributed by atoms with E-state index in [4.69, 9.17) is 23.2 Å². The second kappa shape index (κ2) is 10.6. The van der Waals surface area contributed by atoms with E-state index in [0.29, 0.717) is 22.0 Å². The van der Waals surface area contributed by atoms with Crippen LogP contribution in [0, 0.1) is 0 Å². The summed E-state index contributed by atoms with van der Waals surface area (Å²) in [7, 11) is 0. The SMILES string of the molecule is O=C(Nc1ccc(-c2cc(C3CCC3)n(C(=O)NCc3ccccc3Cl)n2)c(O)c1)c1cccnc1Cl. The molecule has 1 aliphatic rings. The highest BCUT2D eigenvalue weighted by molar-refractivity contribution is 6.33. The summed E-state index contributed by atoms with van der Waals surface area (Å²) in [6, 6.07) is 16.7. The number of hydrogen-bond donors (Lipinski definition) is 3. The van der Waals surface area contributed by atoms with Crippen molar-refractivity contribution in [1.29, 1.82) is 0 Å². The van der Waals surface area contributed by atoms with Crippen molar-refractivity contribution in [2.75, 3.05) is 5.32 Å². The number of anilines is 1. The Kier molecular flexibility index (Phi) is 7.12. The zero-order valence-corrected chi connectivity index (χ0v) is 21.1. The van der Waals surface area contributed by atoms with Crippen molar-refractivity contribution in [2.24, 2.45) is 0 Å². The minimum atomic E-state index is -0.447. The molecule has 10 heteroatoms. The third kappa shape index (κ3) is 5.30. The number of carbonyl (C=O) groups is 2. The van der Waals surface area contributed by atoms with Crippen LogP contribution in [0.3, 0.4) is 0 Å². The maximum atomic E-state index is 13.1. The predicted octanol–water partition coefficient (Wildman–Crippen LogP) is 6.24. The Labute approximate surface area is 223 Å². The van der Waals surface area contributed by atoms with Gasteiger partial charge in [0.2, 0.25) is 0 Å². The van der Waals surface area contributed by atoms with Crippen LogP contribution in [0.5, 0.6) is 5.75 Å². The molecule has 0 atom stereocenters. The quantitative estimate of drug-likeness (QED) is 0.253. The van der Waals surface area contributed by atoms with Crippen LogP contribution >= 0.6 is 23.2 Å². The molecule has 0 unspecified atom stereocenters. The lowest BCUT2D eigenvalue weighted by Crippen LogP contribution is -2.31. The number of phenolic OH excluding ortho intramolecular Hbond substituents is 1.